The second kappa shape index (κ2) is 4.63. The van der Waals surface area contributed by atoms with Gasteiger partial charge in [0, 0.05) is 0 Å². The largest absolute Gasteiger partial charge is 0.397 e. The first-order valence-corrected chi connectivity index (χ1v) is 5.53. The average molecular weight is 251 g/mol. The summed E-state index contributed by atoms with van der Waals surface area (Å²) in [6, 6.07) is 10.2. The lowest BCUT2D eigenvalue weighted by atomic mass is 10.2. The van der Waals surface area contributed by atoms with E-state index in [1.165, 1.54) is 6.07 Å². The smallest absolute Gasteiger partial charge is 0.128 e. The molecule has 88 valence electrons. The number of para-hydroxylation sites is 2. The molecule has 0 fully saturated rings. The average Bonchev–Trinajstić information content (AvgIpc) is 2.29. The van der Waals surface area contributed by atoms with Gasteiger partial charge in [0.25, 0.3) is 0 Å². The molecule has 0 amide bonds. The molecule has 2 rings (SSSR count). The van der Waals surface area contributed by atoms with Crippen LogP contribution in [0.1, 0.15) is 5.56 Å². The van der Waals surface area contributed by atoms with Crippen molar-refractivity contribution in [3.8, 4) is 0 Å². The zero-order valence-corrected chi connectivity index (χ0v) is 10.1. The summed E-state index contributed by atoms with van der Waals surface area (Å²) in [6.45, 7) is 1.67. The molecular weight excluding hydrogens is 239 g/mol. The fourth-order valence-electron chi connectivity index (χ4n) is 1.50. The predicted molar refractivity (Wildman–Crippen MR) is 70.3 cm³/mol. The van der Waals surface area contributed by atoms with E-state index < -0.39 is 0 Å². The Balaban J connectivity index is 2.37. The Kier molecular flexibility index (Phi) is 3.20. The number of halogens is 2. The molecule has 0 aliphatic rings. The number of nitrogens with one attached hydrogen (secondary N) is 1. The maximum Gasteiger partial charge on any atom is 0.128 e. The second-order valence-corrected chi connectivity index (χ2v) is 4.20. The molecule has 17 heavy (non-hydrogen) atoms. The third-order valence-electron chi connectivity index (χ3n) is 2.48. The minimum absolute atomic E-state index is 0.300. The molecule has 0 aliphatic carbocycles. The number of anilines is 3. The summed E-state index contributed by atoms with van der Waals surface area (Å²) in [5, 5.41) is 3.48. The van der Waals surface area contributed by atoms with Crippen molar-refractivity contribution in [2.75, 3.05) is 11.1 Å². The molecule has 2 aromatic rings. The number of benzene rings is 2. The van der Waals surface area contributed by atoms with Crippen LogP contribution in [0.2, 0.25) is 5.02 Å². The molecule has 4 heteroatoms. The fraction of sp³-hybridized carbons (Fsp3) is 0.0769. The highest BCUT2D eigenvalue weighted by Gasteiger charge is 2.07. The van der Waals surface area contributed by atoms with Gasteiger partial charge in [-0.2, -0.15) is 0 Å². The van der Waals surface area contributed by atoms with Crippen LogP contribution < -0.4 is 11.1 Å². The van der Waals surface area contributed by atoms with E-state index in [1.54, 1.807) is 19.1 Å². The van der Waals surface area contributed by atoms with Crippen molar-refractivity contribution >= 4 is 28.7 Å². The van der Waals surface area contributed by atoms with Crippen molar-refractivity contribution in [1.82, 2.24) is 0 Å². The number of nitrogens with two attached hydrogens (primary N) is 1. The maximum atomic E-state index is 13.4. The minimum Gasteiger partial charge on any atom is -0.397 e. The first kappa shape index (κ1) is 11.7. The summed E-state index contributed by atoms with van der Waals surface area (Å²) in [5.74, 6) is -0.300. The van der Waals surface area contributed by atoms with Crippen LogP contribution in [0.4, 0.5) is 21.5 Å². The van der Waals surface area contributed by atoms with Crippen LogP contribution in [0.5, 0.6) is 0 Å². The van der Waals surface area contributed by atoms with Crippen LogP contribution in [-0.4, -0.2) is 0 Å². The lowest BCUT2D eigenvalue weighted by molar-refractivity contribution is 0.619. The van der Waals surface area contributed by atoms with Crippen molar-refractivity contribution in [2.24, 2.45) is 0 Å². The summed E-state index contributed by atoms with van der Waals surface area (Å²) in [4.78, 5) is 0. The third kappa shape index (κ3) is 2.50. The number of nitrogen functional groups attached to an aromatic ring is 1. The summed E-state index contributed by atoms with van der Waals surface area (Å²) >= 11 is 6.03. The zero-order chi connectivity index (χ0) is 12.4. The molecule has 0 bridgehead atoms. The number of hydrogen-bond donors (Lipinski definition) is 2. The Bertz CT molecular complexity index is 555. The SMILES string of the molecule is Cc1cc(Cl)c(Nc2ccccc2N)cc1F. The molecule has 0 saturated heterocycles. The molecule has 0 saturated carbocycles. The van der Waals surface area contributed by atoms with Gasteiger partial charge in [-0.1, -0.05) is 23.7 Å². The normalized spacial score (nSPS) is 10.3. The first-order chi connectivity index (χ1) is 8.08. The second-order valence-electron chi connectivity index (χ2n) is 3.79. The van der Waals surface area contributed by atoms with Gasteiger partial charge in [0.2, 0.25) is 0 Å². The van der Waals surface area contributed by atoms with Gasteiger partial charge in [0.15, 0.2) is 0 Å². The van der Waals surface area contributed by atoms with E-state index in [0.29, 0.717) is 27.6 Å². The van der Waals surface area contributed by atoms with Crippen LogP contribution in [0.15, 0.2) is 36.4 Å². The Hall–Kier alpha value is -1.74. The van der Waals surface area contributed by atoms with E-state index in [-0.39, 0.29) is 5.82 Å². The Morgan fingerprint density at radius 2 is 1.88 bits per heavy atom. The highest BCUT2D eigenvalue weighted by molar-refractivity contribution is 6.33. The third-order valence-corrected chi connectivity index (χ3v) is 2.79. The van der Waals surface area contributed by atoms with Crippen LogP contribution >= 0.6 is 11.6 Å². The molecule has 0 radical (unpaired) electrons. The van der Waals surface area contributed by atoms with Crippen LogP contribution in [0.3, 0.4) is 0 Å². The van der Waals surface area contributed by atoms with Crippen molar-refractivity contribution in [3.05, 3.63) is 52.8 Å². The van der Waals surface area contributed by atoms with E-state index in [0.717, 1.165) is 0 Å². The van der Waals surface area contributed by atoms with E-state index >= 15 is 0 Å². The van der Waals surface area contributed by atoms with Gasteiger partial charge in [-0.15, -0.1) is 0 Å². The van der Waals surface area contributed by atoms with E-state index in [1.807, 2.05) is 18.2 Å². The van der Waals surface area contributed by atoms with Gasteiger partial charge >= 0.3 is 0 Å². The Morgan fingerprint density at radius 1 is 1.18 bits per heavy atom. The molecule has 0 heterocycles. The zero-order valence-electron chi connectivity index (χ0n) is 9.30. The molecule has 0 spiro atoms. The summed E-state index contributed by atoms with van der Waals surface area (Å²) in [6.07, 6.45) is 0. The molecule has 0 atom stereocenters. The lowest BCUT2D eigenvalue weighted by Crippen LogP contribution is -1.97. The molecular formula is C13H12ClFN2. The number of rotatable bonds is 2. The van der Waals surface area contributed by atoms with Crippen LogP contribution in [0, 0.1) is 12.7 Å². The summed E-state index contributed by atoms with van der Waals surface area (Å²) in [7, 11) is 0. The van der Waals surface area contributed by atoms with Crippen molar-refractivity contribution < 1.29 is 4.39 Å². The first-order valence-electron chi connectivity index (χ1n) is 5.15. The van der Waals surface area contributed by atoms with Gasteiger partial charge in [0.1, 0.15) is 5.82 Å². The highest BCUT2D eigenvalue weighted by atomic mass is 35.5. The molecule has 0 aliphatic heterocycles. The Labute approximate surface area is 104 Å². The summed E-state index contributed by atoms with van der Waals surface area (Å²) < 4.78 is 13.4. The number of aryl methyl sites for hydroxylation is 1. The van der Waals surface area contributed by atoms with E-state index in [9.17, 15) is 4.39 Å². The number of hydrogen-bond acceptors (Lipinski definition) is 2. The fourth-order valence-corrected chi connectivity index (χ4v) is 1.76. The van der Waals surface area contributed by atoms with Crippen LogP contribution in [-0.2, 0) is 0 Å². The van der Waals surface area contributed by atoms with E-state index in [2.05, 4.69) is 5.32 Å². The van der Waals surface area contributed by atoms with Gasteiger partial charge < -0.3 is 11.1 Å². The summed E-state index contributed by atoms with van der Waals surface area (Å²) in [5.41, 5.74) is 8.10. The predicted octanol–water partition coefficient (Wildman–Crippen LogP) is 4.11. The standard InChI is InChI=1S/C13H12ClFN2/c1-8-6-9(14)13(7-10(8)15)17-12-5-3-2-4-11(12)16/h2-7,17H,16H2,1H3. The Morgan fingerprint density at radius 3 is 2.59 bits per heavy atom. The molecule has 3 N–H and O–H groups in total. The highest BCUT2D eigenvalue weighted by Crippen LogP contribution is 2.30. The topological polar surface area (TPSA) is 38.0 Å². The van der Waals surface area contributed by atoms with Crippen molar-refractivity contribution in [2.45, 2.75) is 6.92 Å². The van der Waals surface area contributed by atoms with Crippen LogP contribution in [0.25, 0.3) is 0 Å². The molecule has 0 aromatic heterocycles. The van der Waals surface area contributed by atoms with Gasteiger partial charge in [-0.25, -0.2) is 4.39 Å². The quantitative estimate of drug-likeness (QED) is 0.787. The molecule has 2 nitrogen and oxygen atoms in total. The van der Waals surface area contributed by atoms with Crippen molar-refractivity contribution in [1.29, 1.82) is 0 Å². The van der Waals surface area contributed by atoms with Gasteiger partial charge in [0.05, 0.1) is 22.1 Å². The molecule has 0 unspecified atom stereocenters. The van der Waals surface area contributed by atoms with Gasteiger partial charge in [-0.05, 0) is 36.8 Å². The monoisotopic (exact) mass is 250 g/mol. The maximum absolute atomic E-state index is 13.4. The van der Waals surface area contributed by atoms with Gasteiger partial charge in [-0.3, -0.25) is 0 Å². The van der Waals surface area contributed by atoms with E-state index in [4.69, 9.17) is 17.3 Å². The molecule has 2 aromatic carbocycles. The van der Waals surface area contributed by atoms with Crippen molar-refractivity contribution in [3.63, 3.8) is 0 Å². The minimum atomic E-state index is -0.300. The lowest BCUT2D eigenvalue weighted by Gasteiger charge is -2.11.